The lowest BCUT2D eigenvalue weighted by molar-refractivity contribution is 0.0896. The highest BCUT2D eigenvalue weighted by atomic mass is 35.5. The number of ether oxygens (including phenoxy) is 1. The minimum absolute atomic E-state index is 0.210. The fourth-order valence-electron chi connectivity index (χ4n) is 1.53. The molecule has 1 aliphatic rings. The second-order valence-corrected chi connectivity index (χ2v) is 4.27. The smallest absolute Gasteiger partial charge is 0.416 e. The summed E-state index contributed by atoms with van der Waals surface area (Å²) in [6.07, 6.45) is 0.804. The van der Waals surface area contributed by atoms with Gasteiger partial charge >= 0.3 is 6.09 Å². The first kappa shape index (κ1) is 11.8. The Morgan fingerprint density at radius 1 is 1.65 bits per heavy atom. The standard InChI is InChI=1S/C10H10ClN3O3/c1-10(5-11)6-14(9(15)17-10)8-3-2-7(13-16)4-12-8/h2-4H,5-6H2,1H3. The van der Waals surface area contributed by atoms with Gasteiger partial charge in [0.25, 0.3) is 0 Å². The van der Waals surface area contributed by atoms with Crippen LogP contribution in [0.25, 0.3) is 0 Å². The number of carbonyl (C=O) groups is 1. The van der Waals surface area contributed by atoms with E-state index >= 15 is 0 Å². The highest BCUT2D eigenvalue weighted by Gasteiger charge is 2.42. The van der Waals surface area contributed by atoms with Crippen LogP contribution in [0.3, 0.4) is 0 Å². The van der Waals surface area contributed by atoms with Gasteiger partial charge in [0, 0.05) is 0 Å². The number of cyclic esters (lactones) is 1. The molecule has 6 nitrogen and oxygen atoms in total. The van der Waals surface area contributed by atoms with E-state index in [1.807, 2.05) is 0 Å². The number of alkyl halides is 1. The molecule has 90 valence electrons. The molecule has 1 saturated heterocycles. The average Bonchev–Trinajstić information content (AvgIpc) is 2.66. The predicted octanol–water partition coefficient (Wildman–Crippen LogP) is 2.43. The third-order valence-corrected chi connectivity index (χ3v) is 3.01. The quantitative estimate of drug-likeness (QED) is 0.614. The number of anilines is 1. The summed E-state index contributed by atoms with van der Waals surface area (Å²) in [5, 5.41) is 2.73. The van der Waals surface area contributed by atoms with Gasteiger partial charge < -0.3 is 4.74 Å². The maximum atomic E-state index is 11.6. The number of halogens is 1. The first-order chi connectivity index (χ1) is 8.08. The maximum absolute atomic E-state index is 11.6. The molecule has 0 spiro atoms. The van der Waals surface area contributed by atoms with Crippen LogP contribution < -0.4 is 4.90 Å². The van der Waals surface area contributed by atoms with Gasteiger partial charge in [0.2, 0.25) is 0 Å². The largest absolute Gasteiger partial charge is 0.440 e. The topological polar surface area (TPSA) is 71.9 Å². The lowest BCUT2D eigenvalue weighted by Crippen LogP contribution is -2.33. The molecular formula is C10H10ClN3O3. The molecule has 2 heterocycles. The summed E-state index contributed by atoms with van der Waals surface area (Å²) in [7, 11) is 0. The van der Waals surface area contributed by atoms with Gasteiger partial charge in [-0.1, -0.05) is 0 Å². The Morgan fingerprint density at radius 3 is 2.88 bits per heavy atom. The summed E-state index contributed by atoms with van der Waals surface area (Å²) in [4.78, 5) is 27.2. The minimum atomic E-state index is -0.706. The third kappa shape index (κ3) is 2.21. The molecular weight excluding hydrogens is 246 g/mol. The van der Waals surface area contributed by atoms with Gasteiger partial charge in [0.1, 0.15) is 17.1 Å². The molecule has 7 heteroatoms. The van der Waals surface area contributed by atoms with Gasteiger partial charge in [0.15, 0.2) is 0 Å². The number of hydrogen-bond acceptors (Lipinski definition) is 5. The van der Waals surface area contributed by atoms with Gasteiger partial charge in [-0.15, -0.1) is 16.5 Å². The van der Waals surface area contributed by atoms with Crippen LogP contribution >= 0.6 is 11.6 Å². The van der Waals surface area contributed by atoms with Crippen molar-refractivity contribution in [3.05, 3.63) is 23.2 Å². The summed E-state index contributed by atoms with van der Waals surface area (Å²) >= 11 is 5.73. The van der Waals surface area contributed by atoms with E-state index in [-0.39, 0.29) is 11.6 Å². The zero-order chi connectivity index (χ0) is 12.5. The number of aromatic nitrogens is 1. The van der Waals surface area contributed by atoms with Crippen molar-refractivity contribution in [2.75, 3.05) is 17.3 Å². The van der Waals surface area contributed by atoms with Crippen LogP contribution in [0.1, 0.15) is 6.92 Å². The monoisotopic (exact) mass is 255 g/mol. The van der Waals surface area contributed by atoms with Gasteiger partial charge in [-0.25, -0.2) is 9.78 Å². The molecule has 1 aromatic heterocycles. The van der Waals surface area contributed by atoms with E-state index in [1.165, 1.54) is 23.2 Å². The summed E-state index contributed by atoms with van der Waals surface area (Å²) in [6, 6.07) is 3.02. The zero-order valence-electron chi connectivity index (χ0n) is 9.09. The molecule has 1 aromatic rings. The minimum Gasteiger partial charge on any atom is -0.440 e. The van der Waals surface area contributed by atoms with Crippen molar-refractivity contribution in [3.8, 4) is 0 Å². The van der Waals surface area contributed by atoms with Crippen LogP contribution in [0.2, 0.25) is 0 Å². The van der Waals surface area contributed by atoms with Crippen LogP contribution in [-0.4, -0.2) is 29.1 Å². The van der Waals surface area contributed by atoms with Crippen molar-refractivity contribution in [2.45, 2.75) is 12.5 Å². The summed E-state index contributed by atoms with van der Waals surface area (Å²) in [5.41, 5.74) is -0.497. The van der Waals surface area contributed by atoms with Gasteiger partial charge in [0.05, 0.1) is 18.6 Å². The molecule has 1 aliphatic heterocycles. The molecule has 0 N–H and O–H groups in total. The van der Waals surface area contributed by atoms with Crippen molar-refractivity contribution in [1.29, 1.82) is 0 Å². The molecule has 0 saturated carbocycles. The Morgan fingerprint density at radius 2 is 2.41 bits per heavy atom. The number of pyridine rings is 1. The highest BCUT2D eigenvalue weighted by Crippen LogP contribution is 2.28. The van der Waals surface area contributed by atoms with Crippen LogP contribution in [0.15, 0.2) is 23.5 Å². The summed E-state index contributed by atoms with van der Waals surface area (Å²) < 4.78 is 5.15. The number of rotatable bonds is 3. The van der Waals surface area contributed by atoms with Crippen LogP contribution in [0.5, 0.6) is 0 Å². The van der Waals surface area contributed by atoms with Crippen molar-refractivity contribution in [3.63, 3.8) is 0 Å². The van der Waals surface area contributed by atoms with E-state index < -0.39 is 11.7 Å². The number of carbonyl (C=O) groups excluding carboxylic acids is 1. The number of nitrogens with zero attached hydrogens (tertiary/aromatic N) is 3. The third-order valence-electron chi connectivity index (χ3n) is 2.44. The van der Waals surface area contributed by atoms with E-state index in [4.69, 9.17) is 16.3 Å². The zero-order valence-corrected chi connectivity index (χ0v) is 9.85. The molecule has 0 aliphatic carbocycles. The maximum Gasteiger partial charge on any atom is 0.416 e. The molecule has 1 fully saturated rings. The first-order valence-electron chi connectivity index (χ1n) is 4.94. The van der Waals surface area contributed by atoms with Crippen LogP contribution in [-0.2, 0) is 4.74 Å². The number of hydrogen-bond donors (Lipinski definition) is 0. The van der Waals surface area contributed by atoms with Crippen molar-refractivity contribution in [2.24, 2.45) is 5.18 Å². The lowest BCUT2D eigenvalue weighted by atomic mass is 10.1. The molecule has 0 bridgehead atoms. The van der Waals surface area contributed by atoms with E-state index in [9.17, 15) is 9.70 Å². The summed E-state index contributed by atoms with van der Waals surface area (Å²) in [6.45, 7) is 2.08. The molecule has 0 aromatic carbocycles. The summed E-state index contributed by atoms with van der Waals surface area (Å²) in [5.74, 6) is 0.625. The normalized spacial score (nSPS) is 23.6. The molecule has 17 heavy (non-hydrogen) atoms. The Balaban J connectivity index is 2.23. The van der Waals surface area contributed by atoms with E-state index in [2.05, 4.69) is 10.2 Å². The second-order valence-electron chi connectivity index (χ2n) is 4.00. The Hall–Kier alpha value is -1.69. The Kier molecular flexibility index (Phi) is 2.97. The molecule has 2 rings (SSSR count). The average molecular weight is 256 g/mol. The van der Waals surface area contributed by atoms with Crippen LogP contribution in [0, 0.1) is 4.91 Å². The van der Waals surface area contributed by atoms with Crippen molar-refractivity contribution >= 4 is 29.2 Å². The van der Waals surface area contributed by atoms with Crippen molar-refractivity contribution in [1.82, 2.24) is 4.98 Å². The molecule has 1 atom stereocenters. The molecule has 1 amide bonds. The Labute approximate surface area is 103 Å². The fourth-order valence-corrected chi connectivity index (χ4v) is 1.67. The fraction of sp³-hybridized carbons (Fsp3) is 0.400. The predicted molar refractivity (Wildman–Crippen MR) is 62.6 cm³/mol. The van der Waals surface area contributed by atoms with E-state index in [1.54, 1.807) is 6.92 Å². The Bertz CT molecular complexity index is 451. The SMILES string of the molecule is CC1(CCl)CN(c2ccc(N=O)cn2)C(=O)O1. The molecule has 0 radical (unpaired) electrons. The lowest BCUT2D eigenvalue weighted by Gasteiger charge is -2.17. The van der Waals surface area contributed by atoms with E-state index in [0.29, 0.717) is 12.4 Å². The number of nitroso groups, excluding NO2 is 1. The highest BCUT2D eigenvalue weighted by molar-refractivity contribution is 6.18. The molecule has 1 unspecified atom stereocenters. The van der Waals surface area contributed by atoms with Gasteiger partial charge in [-0.3, -0.25) is 4.90 Å². The van der Waals surface area contributed by atoms with Gasteiger partial charge in [-0.05, 0) is 24.2 Å². The number of amides is 1. The second kappa shape index (κ2) is 4.29. The van der Waals surface area contributed by atoms with Crippen molar-refractivity contribution < 1.29 is 9.53 Å². The van der Waals surface area contributed by atoms with Gasteiger partial charge in [-0.2, -0.15) is 0 Å². The van der Waals surface area contributed by atoms with Crippen LogP contribution in [0.4, 0.5) is 16.3 Å². The van der Waals surface area contributed by atoms with E-state index in [0.717, 1.165) is 0 Å². The first-order valence-corrected chi connectivity index (χ1v) is 5.47.